The minimum absolute atomic E-state index is 0.520. The highest BCUT2D eigenvalue weighted by atomic mass is 16.5. The molecule has 0 aromatic heterocycles. The molecular weight excluding hydrogens is 224 g/mol. The summed E-state index contributed by atoms with van der Waals surface area (Å²) < 4.78 is 5.93. The van der Waals surface area contributed by atoms with Crippen LogP contribution in [-0.4, -0.2) is 49.8 Å². The molecule has 3 unspecified atom stereocenters. The van der Waals surface area contributed by atoms with Gasteiger partial charge in [0.25, 0.3) is 0 Å². The molecule has 0 amide bonds. The largest absolute Gasteiger partial charge is 0.378 e. The zero-order chi connectivity index (χ0) is 12.6. The van der Waals surface area contributed by atoms with Crippen LogP contribution in [0.5, 0.6) is 0 Å². The summed E-state index contributed by atoms with van der Waals surface area (Å²) in [6.45, 7) is 5.51. The number of nitrogens with zero attached hydrogens (tertiary/aromatic N) is 1. The predicted molar refractivity (Wildman–Crippen MR) is 73.8 cm³/mol. The second kappa shape index (κ2) is 5.10. The van der Waals surface area contributed by atoms with Gasteiger partial charge in [0.2, 0.25) is 0 Å². The molecule has 3 nitrogen and oxygen atoms in total. The summed E-state index contributed by atoms with van der Waals surface area (Å²) in [5.41, 5.74) is 0.520. The Labute approximate surface area is 111 Å². The smallest absolute Gasteiger partial charge is 0.0661 e. The van der Waals surface area contributed by atoms with Crippen LogP contribution >= 0.6 is 0 Å². The Bertz CT molecular complexity index is 290. The van der Waals surface area contributed by atoms with Gasteiger partial charge in [-0.05, 0) is 52.6 Å². The van der Waals surface area contributed by atoms with E-state index in [0.717, 1.165) is 12.6 Å². The fourth-order valence-electron chi connectivity index (χ4n) is 4.26. The molecule has 1 saturated heterocycles. The highest BCUT2D eigenvalue weighted by Gasteiger charge is 2.58. The van der Waals surface area contributed by atoms with Gasteiger partial charge in [0.15, 0.2) is 0 Å². The Morgan fingerprint density at radius 2 is 2.17 bits per heavy atom. The molecule has 0 bridgehead atoms. The molecule has 3 rings (SSSR count). The zero-order valence-electron chi connectivity index (χ0n) is 12.0. The van der Waals surface area contributed by atoms with Crippen molar-refractivity contribution in [3.05, 3.63) is 0 Å². The van der Waals surface area contributed by atoms with Crippen LogP contribution in [0, 0.1) is 5.41 Å². The number of piperidine rings is 1. The van der Waals surface area contributed by atoms with E-state index < -0.39 is 0 Å². The summed E-state index contributed by atoms with van der Waals surface area (Å²) in [5, 5.41) is 3.95. The van der Waals surface area contributed by atoms with Crippen LogP contribution in [0.15, 0.2) is 0 Å². The Hall–Kier alpha value is -0.120. The van der Waals surface area contributed by atoms with Crippen molar-refractivity contribution in [2.75, 3.05) is 26.7 Å². The van der Waals surface area contributed by atoms with Gasteiger partial charge in [-0.2, -0.15) is 0 Å². The van der Waals surface area contributed by atoms with Crippen molar-refractivity contribution in [3.63, 3.8) is 0 Å². The van der Waals surface area contributed by atoms with Gasteiger partial charge < -0.3 is 15.0 Å². The molecule has 104 valence electrons. The normalized spacial score (nSPS) is 39.3. The molecule has 1 heterocycles. The summed E-state index contributed by atoms with van der Waals surface area (Å²) in [4.78, 5) is 2.47. The van der Waals surface area contributed by atoms with Gasteiger partial charge in [0.1, 0.15) is 0 Å². The molecule has 0 radical (unpaired) electrons. The topological polar surface area (TPSA) is 24.5 Å². The SMILES string of the molecule is CCOC1CC(NC2CCCN(C)C2)C12CCC2. The lowest BCUT2D eigenvalue weighted by molar-refractivity contribution is -0.175. The zero-order valence-corrected chi connectivity index (χ0v) is 12.0. The van der Waals surface area contributed by atoms with Gasteiger partial charge in [-0.15, -0.1) is 0 Å². The molecule has 0 aromatic carbocycles. The van der Waals surface area contributed by atoms with E-state index in [2.05, 4.69) is 24.2 Å². The van der Waals surface area contributed by atoms with E-state index in [9.17, 15) is 0 Å². The lowest BCUT2D eigenvalue weighted by Crippen LogP contribution is -2.69. The maximum absolute atomic E-state index is 5.93. The standard InChI is InChI=1S/C15H28N2O/c1-3-18-14-10-13(15(14)7-5-8-15)16-12-6-4-9-17(2)11-12/h12-14,16H,3-11H2,1-2H3. The molecule has 2 aliphatic carbocycles. The first-order valence-electron chi connectivity index (χ1n) is 7.81. The minimum Gasteiger partial charge on any atom is -0.378 e. The van der Waals surface area contributed by atoms with Gasteiger partial charge in [0.05, 0.1) is 6.10 Å². The fourth-order valence-corrected chi connectivity index (χ4v) is 4.26. The summed E-state index contributed by atoms with van der Waals surface area (Å²) in [5.74, 6) is 0. The average Bonchev–Trinajstić information content (AvgIpc) is 2.25. The van der Waals surface area contributed by atoms with E-state index in [4.69, 9.17) is 4.74 Å². The third kappa shape index (κ3) is 2.10. The van der Waals surface area contributed by atoms with E-state index in [1.54, 1.807) is 0 Å². The lowest BCUT2D eigenvalue weighted by atomic mass is 9.51. The van der Waals surface area contributed by atoms with Crippen LogP contribution in [-0.2, 0) is 4.74 Å². The number of rotatable bonds is 4. The first-order valence-corrected chi connectivity index (χ1v) is 7.81. The molecule has 3 heteroatoms. The van der Waals surface area contributed by atoms with Crippen LogP contribution < -0.4 is 5.32 Å². The maximum Gasteiger partial charge on any atom is 0.0661 e. The fraction of sp³-hybridized carbons (Fsp3) is 1.00. The number of likely N-dealkylation sites (tertiary alicyclic amines) is 1. The molecular formula is C15H28N2O. The lowest BCUT2D eigenvalue weighted by Gasteiger charge is -2.62. The van der Waals surface area contributed by atoms with Gasteiger partial charge in [-0.25, -0.2) is 0 Å². The van der Waals surface area contributed by atoms with Crippen LogP contribution in [0.3, 0.4) is 0 Å². The van der Waals surface area contributed by atoms with Crippen LogP contribution in [0.25, 0.3) is 0 Å². The Kier molecular flexibility index (Phi) is 3.65. The number of nitrogens with one attached hydrogen (secondary N) is 1. The average molecular weight is 252 g/mol. The van der Waals surface area contributed by atoms with E-state index in [-0.39, 0.29) is 0 Å². The predicted octanol–water partition coefficient (Wildman–Crippen LogP) is 2.02. The van der Waals surface area contributed by atoms with Crippen molar-refractivity contribution in [2.45, 2.75) is 63.6 Å². The quantitative estimate of drug-likeness (QED) is 0.828. The number of hydrogen-bond donors (Lipinski definition) is 1. The molecule has 3 atom stereocenters. The van der Waals surface area contributed by atoms with Crippen molar-refractivity contribution in [2.24, 2.45) is 5.41 Å². The van der Waals surface area contributed by atoms with Gasteiger partial charge >= 0.3 is 0 Å². The van der Waals surface area contributed by atoms with Crippen molar-refractivity contribution in [1.29, 1.82) is 0 Å². The van der Waals surface area contributed by atoms with Crippen LogP contribution in [0.2, 0.25) is 0 Å². The number of likely N-dealkylation sites (N-methyl/N-ethyl adjacent to an activating group) is 1. The molecule has 18 heavy (non-hydrogen) atoms. The van der Waals surface area contributed by atoms with Crippen molar-refractivity contribution in [1.82, 2.24) is 10.2 Å². The first kappa shape index (κ1) is 12.9. The van der Waals surface area contributed by atoms with Crippen molar-refractivity contribution in [3.8, 4) is 0 Å². The summed E-state index contributed by atoms with van der Waals surface area (Å²) in [7, 11) is 2.25. The van der Waals surface area contributed by atoms with Crippen molar-refractivity contribution >= 4 is 0 Å². The number of ether oxygens (including phenoxy) is 1. The van der Waals surface area contributed by atoms with E-state index in [1.165, 1.54) is 51.6 Å². The molecule has 0 aromatic rings. The third-order valence-corrected chi connectivity index (χ3v) is 5.50. The number of hydrogen-bond acceptors (Lipinski definition) is 3. The molecule has 3 aliphatic rings. The van der Waals surface area contributed by atoms with Crippen LogP contribution in [0.4, 0.5) is 0 Å². The van der Waals surface area contributed by atoms with Gasteiger partial charge in [-0.3, -0.25) is 0 Å². The third-order valence-electron chi connectivity index (χ3n) is 5.50. The Morgan fingerprint density at radius 1 is 1.33 bits per heavy atom. The molecule has 1 spiro atoms. The maximum atomic E-state index is 5.93. The van der Waals surface area contributed by atoms with Gasteiger partial charge in [0, 0.05) is 30.7 Å². The monoisotopic (exact) mass is 252 g/mol. The summed E-state index contributed by atoms with van der Waals surface area (Å²) >= 11 is 0. The summed E-state index contributed by atoms with van der Waals surface area (Å²) in [6.07, 6.45) is 8.69. The Balaban J connectivity index is 1.54. The molecule has 1 aliphatic heterocycles. The van der Waals surface area contributed by atoms with E-state index in [1.807, 2.05) is 0 Å². The van der Waals surface area contributed by atoms with E-state index in [0.29, 0.717) is 17.6 Å². The highest BCUT2D eigenvalue weighted by molar-refractivity contribution is 5.12. The highest BCUT2D eigenvalue weighted by Crippen LogP contribution is 2.57. The second-order valence-electron chi connectivity index (χ2n) is 6.59. The van der Waals surface area contributed by atoms with Crippen LogP contribution in [0.1, 0.15) is 45.4 Å². The minimum atomic E-state index is 0.520. The van der Waals surface area contributed by atoms with Crippen molar-refractivity contribution < 1.29 is 4.74 Å². The molecule has 2 saturated carbocycles. The second-order valence-corrected chi connectivity index (χ2v) is 6.59. The van der Waals surface area contributed by atoms with Gasteiger partial charge in [-0.1, -0.05) is 6.42 Å². The first-order chi connectivity index (χ1) is 8.74. The molecule has 3 fully saturated rings. The van der Waals surface area contributed by atoms with E-state index >= 15 is 0 Å². The summed E-state index contributed by atoms with van der Waals surface area (Å²) in [6, 6.07) is 1.45. The Morgan fingerprint density at radius 3 is 2.78 bits per heavy atom. The molecule has 1 N–H and O–H groups in total.